The molecule has 2 aromatic rings. The lowest BCUT2D eigenvalue weighted by Gasteiger charge is -2.42. The summed E-state index contributed by atoms with van der Waals surface area (Å²) in [5.41, 5.74) is 2.46. The summed E-state index contributed by atoms with van der Waals surface area (Å²) in [6, 6.07) is 19.3. The van der Waals surface area contributed by atoms with Gasteiger partial charge in [-0.15, -0.1) is 0 Å². The number of alkyl halides is 2. The number of piperidine rings is 1. The van der Waals surface area contributed by atoms with E-state index in [0.29, 0.717) is 12.5 Å². The number of para-hydroxylation sites is 1. The second kappa shape index (κ2) is 12.0. The summed E-state index contributed by atoms with van der Waals surface area (Å²) < 4.78 is 31.1. The Morgan fingerprint density at radius 3 is 2.63 bits per heavy atom. The van der Waals surface area contributed by atoms with Crippen LogP contribution < -0.4 is 10.1 Å². The highest BCUT2D eigenvalue weighted by Gasteiger charge is 2.32. The van der Waals surface area contributed by atoms with Gasteiger partial charge in [-0.2, -0.15) is 0 Å². The molecular formula is C25H34F2N2O. The van der Waals surface area contributed by atoms with Gasteiger partial charge in [0.25, 0.3) is 0 Å². The molecule has 0 amide bonds. The van der Waals surface area contributed by atoms with Gasteiger partial charge in [0.05, 0.1) is 13.2 Å². The molecular weight excluding hydrogens is 382 g/mol. The van der Waals surface area contributed by atoms with Crippen molar-refractivity contribution >= 4 is 0 Å². The van der Waals surface area contributed by atoms with Crippen LogP contribution in [0.1, 0.15) is 49.3 Å². The summed E-state index contributed by atoms with van der Waals surface area (Å²) in [5.74, 6) is 0.905. The SMILES string of the molecule is COc1ccccc1CNC1CCCN(CCCCC(F)CF)C1c1ccccc1. The smallest absolute Gasteiger partial charge is 0.128 e. The van der Waals surface area contributed by atoms with Crippen molar-refractivity contribution in [2.24, 2.45) is 0 Å². The van der Waals surface area contributed by atoms with Crippen LogP contribution in [0.5, 0.6) is 5.75 Å². The molecule has 5 heteroatoms. The first-order valence-electron chi connectivity index (χ1n) is 11.1. The minimum absolute atomic E-state index is 0.275. The average molecular weight is 417 g/mol. The van der Waals surface area contributed by atoms with Crippen LogP contribution in [0, 0.1) is 0 Å². The van der Waals surface area contributed by atoms with E-state index in [1.807, 2.05) is 24.3 Å². The van der Waals surface area contributed by atoms with Crippen molar-refractivity contribution in [3.63, 3.8) is 0 Å². The van der Waals surface area contributed by atoms with Gasteiger partial charge in [0.15, 0.2) is 0 Å². The Morgan fingerprint density at radius 1 is 1.10 bits per heavy atom. The monoisotopic (exact) mass is 416 g/mol. The van der Waals surface area contributed by atoms with Gasteiger partial charge in [0.2, 0.25) is 0 Å². The first-order valence-corrected chi connectivity index (χ1v) is 11.1. The van der Waals surface area contributed by atoms with Crippen molar-refractivity contribution in [3.8, 4) is 5.75 Å². The fraction of sp³-hybridized carbons (Fsp3) is 0.520. The molecule has 1 heterocycles. The molecule has 3 rings (SSSR count). The van der Waals surface area contributed by atoms with Crippen molar-refractivity contribution in [3.05, 3.63) is 65.7 Å². The van der Waals surface area contributed by atoms with Crippen LogP contribution in [0.2, 0.25) is 0 Å². The largest absolute Gasteiger partial charge is 0.496 e. The Labute approximate surface area is 179 Å². The molecule has 3 atom stereocenters. The Kier molecular flexibility index (Phi) is 9.09. The summed E-state index contributed by atoms with van der Waals surface area (Å²) in [5, 5.41) is 3.78. The highest BCUT2D eigenvalue weighted by atomic mass is 19.2. The predicted octanol–water partition coefficient (Wildman–Crippen LogP) is 5.47. The number of unbranched alkanes of at least 4 members (excludes halogenated alkanes) is 1. The van der Waals surface area contributed by atoms with E-state index >= 15 is 0 Å². The number of methoxy groups -OCH3 is 1. The summed E-state index contributed by atoms with van der Waals surface area (Å²) >= 11 is 0. The second-order valence-electron chi connectivity index (χ2n) is 8.08. The number of rotatable bonds is 11. The number of ether oxygens (including phenoxy) is 1. The molecule has 2 aromatic carbocycles. The van der Waals surface area contributed by atoms with Gasteiger partial charge in [0, 0.05) is 18.2 Å². The third-order valence-corrected chi connectivity index (χ3v) is 6.00. The normalized spacial score (nSPS) is 20.8. The van der Waals surface area contributed by atoms with E-state index in [9.17, 15) is 8.78 Å². The van der Waals surface area contributed by atoms with Crippen LogP contribution in [-0.2, 0) is 6.54 Å². The van der Waals surface area contributed by atoms with E-state index in [1.165, 1.54) is 5.56 Å². The summed E-state index contributed by atoms with van der Waals surface area (Å²) in [6.07, 6.45) is 2.86. The molecule has 0 saturated carbocycles. The third-order valence-electron chi connectivity index (χ3n) is 6.00. The Morgan fingerprint density at radius 2 is 1.87 bits per heavy atom. The summed E-state index contributed by atoms with van der Waals surface area (Å²) in [7, 11) is 1.71. The van der Waals surface area contributed by atoms with Gasteiger partial charge in [-0.25, -0.2) is 8.78 Å². The Balaban J connectivity index is 1.67. The number of benzene rings is 2. The van der Waals surface area contributed by atoms with E-state index < -0.39 is 12.8 Å². The lowest BCUT2D eigenvalue weighted by Crippen LogP contribution is -2.48. The van der Waals surface area contributed by atoms with Crippen LogP contribution in [0.25, 0.3) is 0 Å². The standard InChI is InChI=1S/C25H34F2N2O/c1-30-24-15-6-5-12-21(24)19-28-23-14-9-17-29(16-8-7-13-22(27)18-26)25(23)20-10-3-2-4-11-20/h2-6,10-12,15,22-23,25,28H,7-9,13-14,16-19H2,1H3. The van der Waals surface area contributed by atoms with Crippen molar-refractivity contribution in [1.29, 1.82) is 0 Å². The van der Waals surface area contributed by atoms with Gasteiger partial charge >= 0.3 is 0 Å². The maximum absolute atomic E-state index is 13.2. The van der Waals surface area contributed by atoms with Crippen LogP contribution in [0.4, 0.5) is 8.78 Å². The molecule has 0 radical (unpaired) electrons. The maximum Gasteiger partial charge on any atom is 0.128 e. The van der Waals surface area contributed by atoms with Crippen molar-refractivity contribution in [1.82, 2.24) is 10.2 Å². The molecule has 3 unspecified atom stereocenters. The fourth-order valence-electron chi connectivity index (χ4n) is 4.47. The molecule has 0 aromatic heterocycles. The Hall–Kier alpha value is -1.98. The summed E-state index contributed by atoms with van der Waals surface area (Å²) in [6.45, 7) is 1.83. The van der Waals surface area contributed by atoms with E-state index in [2.05, 4.69) is 40.5 Å². The highest BCUT2D eigenvalue weighted by molar-refractivity contribution is 5.33. The van der Waals surface area contributed by atoms with Gasteiger partial charge < -0.3 is 10.1 Å². The van der Waals surface area contributed by atoms with Crippen LogP contribution in [0.3, 0.4) is 0 Å². The number of hydrogen-bond donors (Lipinski definition) is 1. The minimum atomic E-state index is -1.31. The minimum Gasteiger partial charge on any atom is -0.496 e. The first-order chi connectivity index (χ1) is 14.7. The molecule has 1 N–H and O–H groups in total. The number of hydrogen-bond acceptors (Lipinski definition) is 3. The zero-order chi connectivity index (χ0) is 21.2. The van der Waals surface area contributed by atoms with Crippen molar-refractivity contribution in [2.45, 2.75) is 56.9 Å². The van der Waals surface area contributed by atoms with Gasteiger partial charge in [-0.1, -0.05) is 48.5 Å². The van der Waals surface area contributed by atoms with Crippen molar-refractivity contribution in [2.75, 3.05) is 26.9 Å². The van der Waals surface area contributed by atoms with E-state index in [-0.39, 0.29) is 6.04 Å². The molecule has 0 spiro atoms. The highest BCUT2D eigenvalue weighted by Crippen LogP contribution is 2.32. The summed E-state index contributed by atoms with van der Waals surface area (Å²) in [4.78, 5) is 2.52. The fourth-order valence-corrected chi connectivity index (χ4v) is 4.47. The lowest BCUT2D eigenvalue weighted by atomic mass is 9.89. The van der Waals surface area contributed by atoms with Gasteiger partial charge in [-0.3, -0.25) is 4.90 Å². The molecule has 1 aliphatic heterocycles. The average Bonchev–Trinajstić information content (AvgIpc) is 2.81. The topological polar surface area (TPSA) is 24.5 Å². The number of likely N-dealkylation sites (tertiary alicyclic amines) is 1. The second-order valence-corrected chi connectivity index (χ2v) is 8.08. The van der Waals surface area contributed by atoms with Crippen LogP contribution >= 0.6 is 0 Å². The van der Waals surface area contributed by atoms with Crippen LogP contribution in [-0.4, -0.2) is 44.0 Å². The van der Waals surface area contributed by atoms with E-state index in [1.54, 1.807) is 7.11 Å². The van der Waals surface area contributed by atoms with Gasteiger partial charge in [0.1, 0.15) is 18.6 Å². The van der Waals surface area contributed by atoms with Crippen LogP contribution in [0.15, 0.2) is 54.6 Å². The quantitative estimate of drug-likeness (QED) is 0.492. The van der Waals surface area contributed by atoms with Gasteiger partial charge in [-0.05, 0) is 56.8 Å². The predicted molar refractivity (Wildman–Crippen MR) is 118 cm³/mol. The molecule has 1 fully saturated rings. The zero-order valence-corrected chi connectivity index (χ0v) is 17.9. The molecule has 164 valence electrons. The molecule has 1 aliphatic rings. The lowest BCUT2D eigenvalue weighted by molar-refractivity contribution is 0.107. The third kappa shape index (κ3) is 6.26. The first kappa shape index (κ1) is 22.7. The number of nitrogens with one attached hydrogen (secondary N) is 1. The molecule has 3 nitrogen and oxygen atoms in total. The molecule has 30 heavy (non-hydrogen) atoms. The maximum atomic E-state index is 13.2. The molecule has 0 bridgehead atoms. The van der Waals surface area contributed by atoms with E-state index in [0.717, 1.165) is 56.6 Å². The molecule has 0 aliphatic carbocycles. The Bertz CT molecular complexity index is 743. The number of nitrogens with zero attached hydrogens (tertiary/aromatic N) is 1. The molecule has 1 saturated heterocycles. The van der Waals surface area contributed by atoms with E-state index in [4.69, 9.17) is 4.74 Å². The number of halogens is 2. The zero-order valence-electron chi connectivity index (χ0n) is 17.9. The van der Waals surface area contributed by atoms with Crippen molar-refractivity contribution < 1.29 is 13.5 Å².